The number of halogens is 2. The van der Waals surface area contributed by atoms with Gasteiger partial charge >= 0.3 is 11.9 Å². The molecule has 0 aliphatic rings. The first-order valence-electron chi connectivity index (χ1n) is 12.4. The zero-order valence-corrected chi connectivity index (χ0v) is 27.9. The van der Waals surface area contributed by atoms with E-state index in [9.17, 15) is 9.59 Å². The van der Waals surface area contributed by atoms with Crippen LogP contribution in [0.5, 0.6) is 0 Å². The Morgan fingerprint density at radius 3 is 2.03 bits per heavy atom. The molecule has 0 aliphatic carbocycles. The molecule has 0 aliphatic heterocycles. The molecule has 6 nitrogen and oxygen atoms in total. The average molecular weight is 649 g/mol. The van der Waals surface area contributed by atoms with Crippen LogP contribution in [0.2, 0.25) is 37.3 Å². The summed E-state index contributed by atoms with van der Waals surface area (Å²) in [5, 5.41) is 9.02. The number of ether oxygens (including phenoxy) is 2. The van der Waals surface area contributed by atoms with Crippen LogP contribution in [0.1, 0.15) is 66.7 Å². The number of alkyl halides is 2. The van der Waals surface area contributed by atoms with Gasteiger partial charge in [0.15, 0.2) is 8.32 Å². The Morgan fingerprint density at radius 1 is 0.941 bits per heavy atom. The predicted octanol–water partition coefficient (Wildman–Crippen LogP) is 7.16. The lowest BCUT2D eigenvalue weighted by atomic mass is 10.0. The van der Waals surface area contributed by atoms with Crippen molar-refractivity contribution in [2.24, 2.45) is 0 Å². The maximum absolute atomic E-state index is 11.9. The van der Waals surface area contributed by atoms with Gasteiger partial charge in [0.05, 0.1) is 14.7 Å². The van der Waals surface area contributed by atoms with Gasteiger partial charge in [-0.1, -0.05) is 91.0 Å². The summed E-state index contributed by atoms with van der Waals surface area (Å²) < 4.78 is 17.9. The molecular formula is C24H48Br2O6Si2. The minimum Gasteiger partial charge on any atom is -0.480 e. The van der Waals surface area contributed by atoms with Crippen LogP contribution < -0.4 is 0 Å². The summed E-state index contributed by atoms with van der Waals surface area (Å²) in [5.41, 5.74) is 0. The Kier molecular flexibility index (Phi) is 15.0. The second kappa shape index (κ2) is 14.9. The molecule has 0 radical (unpaired) electrons. The number of hydrogen-bond donors (Lipinski definition) is 1. The lowest BCUT2D eigenvalue weighted by molar-refractivity contribution is -0.147. The molecule has 202 valence electrons. The highest BCUT2D eigenvalue weighted by Crippen LogP contribution is 2.48. The number of carbonyl (C=O) groups excluding carboxylic acids is 1. The first kappa shape index (κ1) is 34.3. The van der Waals surface area contributed by atoms with E-state index in [-0.39, 0.29) is 23.5 Å². The van der Waals surface area contributed by atoms with E-state index < -0.39 is 38.0 Å². The third-order valence-electron chi connectivity index (χ3n) is 7.74. The maximum atomic E-state index is 11.9. The van der Waals surface area contributed by atoms with Gasteiger partial charge in [-0.2, -0.15) is 0 Å². The van der Waals surface area contributed by atoms with Gasteiger partial charge in [0.2, 0.25) is 0 Å². The topological polar surface area (TPSA) is 82.1 Å². The van der Waals surface area contributed by atoms with Gasteiger partial charge < -0.3 is 19.0 Å². The lowest BCUT2D eigenvalue weighted by Gasteiger charge is -2.51. The minimum absolute atomic E-state index is 0.0588. The Labute approximate surface area is 226 Å². The number of hydrogen-bond acceptors (Lipinski definition) is 5. The highest BCUT2D eigenvalue weighted by molar-refractivity contribution is 9.12. The van der Waals surface area contributed by atoms with Crippen molar-refractivity contribution in [3.63, 3.8) is 0 Å². The van der Waals surface area contributed by atoms with Crippen LogP contribution in [0.15, 0.2) is 0 Å². The van der Waals surface area contributed by atoms with Crippen LogP contribution in [0.25, 0.3) is 0 Å². The van der Waals surface area contributed by atoms with Gasteiger partial charge in [-0.15, -0.1) is 0 Å². The fourth-order valence-electron chi connectivity index (χ4n) is 3.91. The summed E-state index contributed by atoms with van der Waals surface area (Å²) in [4.78, 5) is 20.8. The Morgan fingerprint density at radius 2 is 1.53 bits per heavy atom. The zero-order chi connectivity index (χ0) is 26.8. The number of aliphatic carboxylic acids is 1. The van der Waals surface area contributed by atoms with Gasteiger partial charge in [-0.3, -0.25) is 9.59 Å². The van der Waals surface area contributed by atoms with Crippen molar-refractivity contribution in [2.75, 3.05) is 19.8 Å². The Bertz CT molecular complexity index is 645. The predicted molar refractivity (Wildman–Crippen MR) is 153 cm³/mol. The van der Waals surface area contributed by atoms with E-state index in [1.165, 1.54) is 18.9 Å². The number of carboxylic acid groups (broad SMARTS) is 1. The van der Waals surface area contributed by atoms with Crippen molar-refractivity contribution < 1.29 is 28.6 Å². The number of carboxylic acids is 1. The number of esters is 1. The third-order valence-corrected chi connectivity index (χ3v) is 20.0. The molecule has 0 saturated carbocycles. The molecule has 0 aromatic carbocycles. The SMILES string of the molecule is CCCC[Si](C)(C)C(C)(C)O[Si](C)(C)C(C)(CC)CCCOCCOC(=O)C(Br)C(Br)C(=O)O. The average Bonchev–Trinajstić information content (AvgIpc) is 2.74. The molecule has 34 heavy (non-hydrogen) atoms. The van der Waals surface area contributed by atoms with E-state index in [1.807, 2.05) is 0 Å². The van der Waals surface area contributed by atoms with Crippen molar-refractivity contribution in [3.05, 3.63) is 0 Å². The van der Waals surface area contributed by atoms with Crippen molar-refractivity contribution in [3.8, 4) is 0 Å². The largest absolute Gasteiger partial charge is 0.480 e. The van der Waals surface area contributed by atoms with E-state index in [2.05, 4.69) is 92.7 Å². The quantitative estimate of drug-likeness (QED) is 0.0736. The van der Waals surface area contributed by atoms with Crippen LogP contribution in [-0.4, -0.2) is 68.1 Å². The first-order valence-corrected chi connectivity index (χ1v) is 20.4. The molecule has 0 rings (SSSR count). The zero-order valence-electron chi connectivity index (χ0n) is 22.8. The molecule has 0 amide bonds. The van der Waals surface area contributed by atoms with Crippen LogP contribution in [0.4, 0.5) is 0 Å². The maximum Gasteiger partial charge on any atom is 0.321 e. The standard InChI is InChI=1S/C24H48Br2O6Si2/c1-10-12-18-33(6,7)23(3,4)32-34(8,9)24(5,11-2)14-13-15-30-16-17-31-22(29)20(26)19(25)21(27)28/h19-20H,10-18H2,1-9H3,(H,27,28). The molecular weight excluding hydrogens is 600 g/mol. The van der Waals surface area contributed by atoms with Crippen LogP contribution in [0, 0.1) is 0 Å². The van der Waals surface area contributed by atoms with Gasteiger partial charge in [0.25, 0.3) is 0 Å². The molecule has 0 bridgehead atoms. The molecule has 0 heterocycles. The summed E-state index contributed by atoms with van der Waals surface area (Å²) in [7, 11) is -3.54. The first-order chi connectivity index (χ1) is 15.5. The van der Waals surface area contributed by atoms with E-state index in [1.54, 1.807) is 0 Å². The smallest absolute Gasteiger partial charge is 0.321 e. The Hall–Kier alpha value is 0.254. The molecule has 0 saturated heterocycles. The summed E-state index contributed by atoms with van der Waals surface area (Å²) in [6.07, 6.45) is 5.52. The third kappa shape index (κ3) is 10.3. The van der Waals surface area contributed by atoms with Crippen molar-refractivity contribution in [1.29, 1.82) is 0 Å². The highest BCUT2D eigenvalue weighted by atomic mass is 79.9. The van der Waals surface area contributed by atoms with Crippen molar-refractivity contribution in [2.45, 2.75) is 119 Å². The summed E-state index contributed by atoms with van der Waals surface area (Å²) in [5.74, 6) is -1.75. The van der Waals surface area contributed by atoms with E-state index in [0.717, 1.165) is 19.3 Å². The molecule has 0 spiro atoms. The van der Waals surface area contributed by atoms with Gasteiger partial charge in [-0.25, -0.2) is 0 Å². The van der Waals surface area contributed by atoms with Crippen molar-refractivity contribution >= 4 is 60.2 Å². The summed E-state index contributed by atoms with van der Waals surface area (Å²) >= 11 is 6.00. The van der Waals surface area contributed by atoms with E-state index in [0.29, 0.717) is 6.61 Å². The molecule has 1 N–H and O–H groups in total. The molecule has 0 aromatic rings. The summed E-state index contributed by atoms with van der Waals surface area (Å²) in [6, 6.07) is 1.30. The monoisotopic (exact) mass is 646 g/mol. The van der Waals surface area contributed by atoms with Crippen LogP contribution >= 0.6 is 31.9 Å². The second-order valence-electron chi connectivity index (χ2n) is 11.0. The van der Waals surface area contributed by atoms with Gasteiger partial charge in [-0.05, 0) is 44.8 Å². The molecule has 3 atom stereocenters. The van der Waals surface area contributed by atoms with Gasteiger partial charge in [0.1, 0.15) is 16.3 Å². The number of rotatable bonds is 18. The van der Waals surface area contributed by atoms with Crippen molar-refractivity contribution in [1.82, 2.24) is 0 Å². The normalized spacial score (nSPS) is 16.6. The molecule has 0 fully saturated rings. The summed E-state index contributed by atoms with van der Waals surface area (Å²) in [6.45, 7) is 22.2. The number of carbonyl (C=O) groups is 2. The highest BCUT2D eigenvalue weighted by Gasteiger charge is 2.50. The fraction of sp³-hybridized carbons (Fsp3) is 0.917. The van der Waals surface area contributed by atoms with Gasteiger partial charge in [0, 0.05) is 11.8 Å². The fourth-order valence-corrected chi connectivity index (χ4v) is 11.4. The number of unbranched alkanes of at least 4 members (excludes halogenated alkanes) is 1. The van der Waals surface area contributed by atoms with E-state index in [4.69, 9.17) is 19.0 Å². The second-order valence-corrected chi connectivity index (χ2v) is 22.9. The minimum atomic E-state index is -2.01. The molecule has 10 heteroatoms. The lowest BCUT2D eigenvalue weighted by Crippen LogP contribution is -2.59. The Balaban J connectivity index is 4.67. The molecule has 0 aromatic heterocycles. The molecule has 3 unspecified atom stereocenters. The van der Waals surface area contributed by atoms with Crippen LogP contribution in [-0.2, 0) is 23.5 Å². The van der Waals surface area contributed by atoms with E-state index >= 15 is 0 Å². The van der Waals surface area contributed by atoms with Crippen LogP contribution in [0.3, 0.4) is 0 Å².